The number of rotatable bonds is 4. The van der Waals surface area contributed by atoms with E-state index < -0.39 is 23.0 Å². The lowest BCUT2D eigenvalue weighted by Crippen LogP contribution is -2.17. The molecule has 0 aliphatic carbocycles. The molecule has 0 saturated carbocycles. The SMILES string of the molecule is CCNC(C)c1nnc(-c2c(F)cc(F)cc2F)o1. The fourth-order valence-electron chi connectivity index (χ4n) is 1.65. The minimum atomic E-state index is -1.08. The second-order valence-corrected chi connectivity index (χ2v) is 3.97. The normalized spacial score (nSPS) is 12.7. The maximum atomic E-state index is 13.5. The molecule has 1 unspecified atom stereocenters. The van der Waals surface area contributed by atoms with Gasteiger partial charge in [-0.3, -0.25) is 0 Å². The molecule has 1 heterocycles. The third kappa shape index (κ3) is 2.76. The van der Waals surface area contributed by atoms with Crippen molar-refractivity contribution in [3.05, 3.63) is 35.5 Å². The van der Waals surface area contributed by atoms with Gasteiger partial charge in [-0.15, -0.1) is 10.2 Å². The lowest BCUT2D eigenvalue weighted by atomic mass is 10.2. The summed E-state index contributed by atoms with van der Waals surface area (Å²) in [5.74, 6) is -3.26. The summed E-state index contributed by atoms with van der Waals surface area (Å²) >= 11 is 0. The molecule has 1 atom stereocenters. The van der Waals surface area contributed by atoms with Gasteiger partial charge in [0.1, 0.15) is 23.0 Å². The maximum Gasteiger partial charge on any atom is 0.253 e. The summed E-state index contributed by atoms with van der Waals surface area (Å²) in [6.07, 6.45) is 0. The second-order valence-electron chi connectivity index (χ2n) is 3.97. The van der Waals surface area contributed by atoms with Crippen LogP contribution in [-0.2, 0) is 0 Å². The third-order valence-corrected chi connectivity index (χ3v) is 2.54. The van der Waals surface area contributed by atoms with Gasteiger partial charge in [0.05, 0.1) is 6.04 Å². The molecule has 1 N–H and O–H groups in total. The van der Waals surface area contributed by atoms with Crippen LogP contribution in [0.25, 0.3) is 11.5 Å². The molecule has 0 aliphatic heterocycles. The molecule has 7 heteroatoms. The Labute approximate surface area is 107 Å². The number of hydrogen-bond donors (Lipinski definition) is 1. The fraction of sp³-hybridized carbons (Fsp3) is 0.333. The second kappa shape index (κ2) is 5.40. The van der Waals surface area contributed by atoms with E-state index in [1.807, 2.05) is 6.92 Å². The van der Waals surface area contributed by atoms with Crippen LogP contribution < -0.4 is 5.32 Å². The zero-order valence-corrected chi connectivity index (χ0v) is 10.4. The minimum absolute atomic E-state index is 0.208. The first-order chi connectivity index (χ1) is 9.02. The molecular formula is C12H12F3N3O. The minimum Gasteiger partial charge on any atom is -0.419 e. The molecule has 0 spiro atoms. The molecule has 1 aromatic carbocycles. The summed E-state index contributed by atoms with van der Waals surface area (Å²) in [6.45, 7) is 4.35. The van der Waals surface area contributed by atoms with Crippen molar-refractivity contribution in [2.24, 2.45) is 0 Å². The summed E-state index contributed by atoms with van der Waals surface area (Å²) in [5.41, 5.74) is -0.524. The zero-order valence-electron chi connectivity index (χ0n) is 10.4. The first-order valence-corrected chi connectivity index (χ1v) is 5.74. The maximum absolute atomic E-state index is 13.5. The predicted molar refractivity (Wildman–Crippen MR) is 61.7 cm³/mol. The van der Waals surface area contributed by atoms with Crippen molar-refractivity contribution in [1.29, 1.82) is 0 Å². The van der Waals surface area contributed by atoms with Crippen LogP contribution in [-0.4, -0.2) is 16.7 Å². The van der Waals surface area contributed by atoms with Crippen molar-refractivity contribution in [2.75, 3.05) is 6.54 Å². The van der Waals surface area contributed by atoms with E-state index in [-0.39, 0.29) is 17.8 Å². The van der Waals surface area contributed by atoms with Crippen molar-refractivity contribution in [1.82, 2.24) is 15.5 Å². The van der Waals surface area contributed by atoms with Crippen LogP contribution in [0.2, 0.25) is 0 Å². The van der Waals surface area contributed by atoms with Crippen molar-refractivity contribution >= 4 is 0 Å². The van der Waals surface area contributed by atoms with Crippen LogP contribution in [0.4, 0.5) is 13.2 Å². The molecule has 2 aromatic rings. The Morgan fingerprint density at radius 1 is 1.21 bits per heavy atom. The number of hydrogen-bond acceptors (Lipinski definition) is 4. The van der Waals surface area contributed by atoms with Gasteiger partial charge in [-0.25, -0.2) is 13.2 Å². The summed E-state index contributed by atoms with van der Waals surface area (Å²) in [5, 5.41) is 10.3. The quantitative estimate of drug-likeness (QED) is 0.929. The Kier molecular flexibility index (Phi) is 3.84. The molecule has 0 saturated heterocycles. The van der Waals surface area contributed by atoms with Crippen LogP contribution in [0.3, 0.4) is 0 Å². The topological polar surface area (TPSA) is 51.0 Å². The van der Waals surface area contributed by atoms with Crippen molar-refractivity contribution in [2.45, 2.75) is 19.9 Å². The first kappa shape index (κ1) is 13.5. The average Bonchev–Trinajstić information content (AvgIpc) is 2.77. The smallest absolute Gasteiger partial charge is 0.253 e. The number of nitrogens with zero attached hydrogens (tertiary/aromatic N) is 2. The van der Waals surface area contributed by atoms with Crippen LogP contribution >= 0.6 is 0 Å². The molecule has 0 bridgehead atoms. The Bertz CT molecular complexity index is 562. The van der Waals surface area contributed by atoms with Crippen molar-refractivity contribution < 1.29 is 17.6 Å². The number of benzene rings is 1. The lowest BCUT2D eigenvalue weighted by Gasteiger charge is -2.06. The highest BCUT2D eigenvalue weighted by atomic mass is 19.1. The third-order valence-electron chi connectivity index (χ3n) is 2.54. The highest BCUT2D eigenvalue weighted by Gasteiger charge is 2.21. The van der Waals surface area contributed by atoms with Gasteiger partial charge in [-0.1, -0.05) is 6.92 Å². The Balaban J connectivity index is 2.38. The summed E-state index contributed by atoms with van der Waals surface area (Å²) < 4.78 is 45.1. The van der Waals surface area contributed by atoms with Crippen LogP contribution in [0, 0.1) is 17.5 Å². The monoisotopic (exact) mass is 271 g/mol. The van der Waals surface area contributed by atoms with E-state index in [0.717, 1.165) is 0 Å². The van der Waals surface area contributed by atoms with Crippen molar-refractivity contribution in [3.63, 3.8) is 0 Å². The molecule has 19 heavy (non-hydrogen) atoms. The van der Waals surface area contributed by atoms with Gasteiger partial charge in [0.15, 0.2) is 0 Å². The van der Waals surface area contributed by atoms with E-state index in [4.69, 9.17) is 4.42 Å². The molecule has 0 amide bonds. The van der Waals surface area contributed by atoms with Crippen LogP contribution in [0.1, 0.15) is 25.8 Å². The zero-order chi connectivity index (χ0) is 14.0. The van der Waals surface area contributed by atoms with Gasteiger partial charge in [0.2, 0.25) is 5.89 Å². The van der Waals surface area contributed by atoms with Crippen LogP contribution in [0.5, 0.6) is 0 Å². The standard InChI is InChI=1S/C12H12F3N3O/c1-3-16-6(2)11-17-18-12(19-11)10-8(14)4-7(13)5-9(10)15/h4-6,16H,3H2,1-2H3. The molecular weight excluding hydrogens is 259 g/mol. The summed E-state index contributed by atoms with van der Waals surface area (Å²) in [4.78, 5) is 0. The van der Waals surface area contributed by atoms with E-state index in [1.54, 1.807) is 6.92 Å². The predicted octanol–water partition coefficient (Wildman–Crippen LogP) is 2.82. The van der Waals surface area contributed by atoms with E-state index in [0.29, 0.717) is 18.7 Å². The highest BCUT2D eigenvalue weighted by molar-refractivity contribution is 5.54. The molecule has 0 aliphatic rings. The van der Waals surface area contributed by atoms with E-state index in [2.05, 4.69) is 15.5 Å². The summed E-state index contributed by atoms with van der Waals surface area (Å²) in [6, 6.07) is 0.893. The first-order valence-electron chi connectivity index (χ1n) is 5.74. The largest absolute Gasteiger partial charge is 0.419 e. The highest BCUT2D eigenvalue weighted by Crippen LogP contribution is 2.26. The molecule has 0 radical (unpaired) electrons. The summed E-state index contributed by atoms with van der Waals surface area (Å²) in [7, 11) is 0. The van der Waals surface area contributed by atoms with E-state index in [1.165, 1.54) is 0 Å². The number of halogens is 3. The number of aromatic nitrogens is 2. The van der Waals surface area contributed by atoms with Gasteiger partial charge in [-0.05, 0) is 13.5 Å². The Hall–Kier alpha value is -1.89. The molecule has 0 fully saturated rings. The van der Waals surface area contributed by atoms with E-state index in [9.17, 15) is 13.2 Å². The average molecular weight is 271 g/mol. The van der Waals surface area contributed by atoms with Gasteiger partial charge in [-0.2, -0.15) is 0 Å². The van der Waals surface area contributed by atoms with E-state index >= 15 is 0 Å². The van der Waals surface area contributed by atoms with Crippen molar-refractivity contribution in [3.8, 4) is 11.5 Å². The van der Waals surface area contributed by atoms with Gasteiger partial charge in [0.25, 0.3) is 5.89 Å². The Morgan fingerprint density at radius 3 is 2.42 bits per heavy atom. The van der Waals surface area contributed by atoms with Gasteiger partial charge < -0.3 is 9.73 Å². The molecule has 2 rings (SSSR count). The molecule has 102 valence electrons. The van der Waals surface area contributed by atoms with Gasteiger partial charge in [0, 0.05) is 12.1 Å². The lowest BCUT2D eigenvalue weighted by molar-refractivity contribution is 0.425. The number of nitrogens with one attached hydrogen (secondary N) is 1. The molecule has 1 aromatic heterocycles. The fourth-order valence-corrected chi connectivity index (χ4v) is 1.65. The van der Waals surface area contributed by atoms with Gasteiger partial charge >= 0.3 is 0 Å². The van der Waals surface area contributed by atoms with Crippen LogP contribution in [0.15, 0.2) is 16.5 Å². The molecule has 4 nitrogen and oxygen atoms in total. The Morgan fingerprint density at radius 2 is 1.84 bits per heavy atom.